The number of aromatic nitrogens is 4. The number of carbonyl (C=O) groups is 1. The zero-order chi connectivity index (χ0) is 29.8. The Hall–Kier alpha value is -5.64. The second kappa shape index (κ2) is 12.1. The molecular weight excluding hydrogens is 544 g/mol. The van der Waals surface area contributed by atoms with Crippen LogP contribution in [-0.2, 0) is 11.4 Å². The number of benzene rings is 3. The Morgan fingerprint density at radius 2 is 1.74 bits per heavy atom. The lowest BCUT2D eigenvalue weighted by molar-refractivity contribution is -0.113. The third-order valence-corrected chi connectivity index (χ3v) is 7.10. The summed E-state index contributed by atoms with van der Waals surface area (Å²) in [5.41, 5.74) is 4.41. The molecule has 0 fully saturated rings. The molecule has 2 N–H and O–H groups in total. The quantitative estimate of drug-likeness (QED) is 0.225. The molecular formula is C33H30N6O4. The van der Waals surface area contributed by atoms with Gasteiger partial charge in [-0.25, -0.2) is 4.68 Å². The first-order chi connectivity index (χ1) is 21.0. The van der Waals surface area contributed by atoms with E-state index in [-0.39, 0.29) is 5.91 Å². The summed E-state index contributed by atoms with van der Waals surface area (Å²) < 4.78 is 18.6. The van der Waals surface area contributed by atoms with Crippen LogP contribution in [0.25, 0.3) is 11.4 Å². The van der Waals surface area contributed by atoms with Crippen molar-refractivity contribution in [3.8, 4) is 28.6 Å². The molecule has 1 aliphatic heterocycles. The van der Waals surface area contributed by atoms with Crippen molar-refractivity contribution in [3.63, 3.8) is 0 Å². The first kappa shape index (κ1) is 27.5. The second-order valence-electron chi connectivity index (χ2n) is 9.88. The summed E-state index contributed by atoms with van der Waals surface area (Å²) in [5, 5.41) is 11.1. The van der Waals surface area contributed by atoms with Gasteiger partial charge in [0, 0.05) is 17.5 Å². The van der Waals surface area contributed by atoms with E-state index in [0.29, 0.717) is 52.6 Å². The zero-order valence-corrected chi connectivity index (χ0v) is 23.9. The largest absolute Gasteiger partial charge is 0.493 e. The number of methoxy groups -OCH3 is 2. The van der Waals surface area contributed by atoms with Crippen LogP contribution < -0.4 is 24.8 Å². The summed E-state index contributed by atoms with van der Waals surface area (Å²) in [4.78, 5) is 22.7. The predicted octanol–water partition coefficient (Wildman–Crippen LogP) is 5.86. The molecule has 0 saturated heterocycles. The monoisotopic (exact) mass is 574 g/mol. The van der Waals surface area contributed by atoms with E-state index in [2.05, 4.69) is 15.6 Å². The first-order valence-corrected chi connectivity index (χ1v) is 13.7. The Morgan fingerprint density at radius 1 is 0.953 bits per heavy atom. The van der Waals surface area contributed by atoms with Crippen molar-refractivity contribution in [1.29, 1.82) is 0 Å². The SMILES string of the molecule is COc1ccc(-c2nc3n(n2)C(c2ccc(OCc4ccccc4)cc2)C(C(=O)Nc2cccnc2)=C(C)N3)cc1OC. The summed E-state index contributed by atoms with van der Waals surface area (Å²) in [7, 11) is 3.17. The molecule has 0 bridgehead atoms. The number of hydrogen-bond acceptors (Lipinski definition) is 8. The van der Waals surface area contributed by atoms with Gasteiger partial charge in [0.15, 0.2) is 17.3 Å². The standard InChI is InChI=1S/C33H30N6O4/c1-21-29(32(40)36-25-10-7-17-34-19-25)30(23-11-14-26(15-12-23)43-20-22-8-5-4-6-9-22)39-33(35-21)37-31(38-39)24-13-16-27(41-2)28(18-24)42-3/h4-19,30H,20H2,1-3H3,(H,36,40)(H,35,37,38). The van der Waals surface area contributed by atoms with Gasteiger partial charge in [0.2, 0.25) is 5.95 Å². The summed E-state index contributed by atoms with van der Waals surface area (Å²) in [5.74, 6) is 2.59. The van der Waals surface area contributed by atoms with Crippen LogP contribution in [0.3, 0.4) is 0 Å². The number of pyridine rings is 1. The van der Waals surface area contributed by atoms with Gasteiger partial charge in [0.25, 0.3) is 5.91 Å². The molecule has 216 valence electrons. The Bertz CT molecular complexity index is 1770. The second-order valence-corrected chi connectivity index (χ2v) is 9.88. The lowest BCUT2D eigenvalue weighted by atomic mass is 9.95. The van der Waals surface area contributed by atoms with Crippen LogP contribution in [0.4, 0.5) is 11.6 Å². The van der Waals surface area contributed by atoms with Gasteiger partial charge in [-0.2, -0.15) is 4.98 Å². The van der Waals surface area contributed by atoms with E-state index in [0.717, 1.165) is 16.7 Å². The van der Waals surface area contributed by atoms with Crippen molar-refractivity contribution >= 4 is 17.5 Å². The van der Waals surface area contributed by atoms with Crippen molar-refractivity contribution < 1.29 is 19.0 Å². The molecule has 0 saturated carbocycles. The Balaban J connectivity index is 1.36. The summed E-state index contributed by atoms with van der Waals surface area (Å²) in [6.07, 6.45) is 3.26. The van der Waals surface area contributed by atoms with Crippen LogP contribution in [0.5, 0.6) is 17.2 Å². The predicted molar refractivity (Wildman–Crippen MR) is 163 cm³/mol. The Morgan fingerprint density at radius 3 is 2.47 bits per heavy atom. The van der Waals surface area contributed by atoms with E-state index in [4.69, 9.17) is 24.3 Å². The lowest BCUT2D eigenvalue weighted by Crippen LogP contribution is -2.31. The highest BCUT2D eigenvalue weighted by Crippen LogP contribution is 2.38. The van der Waals surface area contributed by atoms with Crippen molar-refractivity contribution in [1.82, 2.24) is 19.7 Å². The number of amides is 1. The van der Waals surface area contributed by atoms with E-state index in [9.17, 15) is 4.79 Å². The van der Waals surface area contributed by atoms with Crippen LogP contribution in [0.2, 0.25) is 0 Å². The third-order valence-electron chi connectivity index (χ3n) is 7.10. The summed E-state index contributed by atoms with van der Waals surface area (Å²) >= 11 is 0. The maximum Gasteiger partial charge on any atom is 0.255 e. The fourth-order valence-corrected chi connectivity index (χ4v) is 4.97. The normalized spacial score (nSPS) is 14.0. The average molecular weight is 575 g/mol. The molecule has 0 radical (unpaired) electrons. The molecule has 1 aliphatic rings. The number of carbonyl (C=O) groups excluding carboxylic acids is 1. The minimum absolute atomic E-state index is 0.277. The van der Waals surface area contributed by atoms with Gasteiger partial charge in [-0.3, -0.25) is 9.78 Å². The van der Waals surface area contributed by atoms with E-state index >= 15 is 0 Å². The minimum atomic E-state index is -0.572. The fourth-order valence-electron chi connectivity index (χ4n) is 4.97. The Kier molecular flexibility index (Phi) is 7.73. The van der Waals surface area contributed by atoms with E-state index in [1.54, 1.807) is 43.4 Å². The molecule has 1 amide bonds. The van der Waals surface area contributed by atoms with Gasteiger partial charge in [-0.15, -0.1) is 5.10 Å². The van der Waals surface area contributed by atoms with E-state index in [1.165, 1.54) is 0 Å². The smallest absolute Gasteiger partial charge is 0.255 e. The van der Waals surface area contributed by atoms with Crippen molar-refractivity contribution in [2.24, 2.45) is 0 Å². The molecule has 3 heterocycles. The minimum Gasteiger partial charge on any atom is -0.493 e. The number of anilines is 2. The summed E-state index contributed by atoms with van der Waals surface area (Å²) in [6, 6.07) is 26.2. The van der Waals surface area contributed by atoms with Crippen molar-refractivity contribution in [2.75, 3.05) is 24.9 Å². The molecule has 1 unspecified atom stereocenters. The number of fused-ring (bicyclic) bond motifs is 1. The van der Waals surface area contributed by atoms with Crippen molar-refractivity contribution in [3.05, 3.63) is 120 Å². The topological polar surface area (TPSA) is 112 Å². The zero-order valence-electron chi connectivity index (χ0n) is 23.9. The van der Waals surface area contributed by atoms with Gasteiger partial charge in [-0.1, -0.05) is 42.5 Å². The lowest BCUT2D eigenvalue weighted by Gasteiger charge is -2.28. The first-order valence-electron chi connectivity index (χ1n) is 13.7. The highest BCUT2D eigenvalue weighted by molar-refractivity contribution is 6.06. The van der Waals surface area contributed by atoms with Gasteiger partial charge in [0.1, 0.15) is 18.4 Å². The number of allylic oxidation sites excluding steroid dienone is 1. The van der Waals surface area contributed by atoms with Crippen LogP contribution in [0.1, 0.15) is 24.1 Å². The number of rotatable bonds is 9. The fraction of sp³-hybridized carbons (Fsp3) is 0.152. The molecule has 2 aromatic heterocycles. The number of hydrogen-bond donors (Lipinski definition) is 2. The molecule has 6 rings (SSSR count). The highest BCUT2D eigenvalue weighted by Gasteiger charge is 2.34. The van der Waals surface area contributed by atoms with E-state index in [1.807, 2.05) is 79.7 Å². The molecule has 0 spiro atoms. The highest BCUT2D eigenvalue weighted by atomic mass is 16.5. The van der Waals surface area contributed by atoms with Crippen LogP contribution in [0.15, 0.2) is 109 Å². The molecule has 10 heteroatoms. The molecule has 0 aliphatic carbocycles. The number of nitrogens with one attached hydrogen (secondary N) is 2. The van der Waals surface area contributed by atoms with Gasteiger partial charge in [0.05, 0.1) is 31.7 Å². The maximum absolute atomic E-state index is 13.8. The summed E-state index contributed by atoms with van der Waals surface area (Å²) in [6.45, 7) is 2.31. The third kappa shape index (κ3) is 5.76. The average Bonchev–Trinajstić information content (AvgIpc) is 3.47. The number of nitrogens with zero attached hydrogens (tertiary/aromatic N) is 4. The molecule has 43 heavy (non-hydrogen) atoms. The van der Waals surface area contributed by atoms with Gasteiger partial charge >= 0.3 is 0 Å². The molecule has 3 aromatic carbocycles. The maximum atomic E-state index is 13.8. The van der Waals surface area contributed by atoms with Crippen LogP contribution >= 0.6 is 0 Å². The van der Waals surface area contributed by atoms with Crippen molar-refractivity contribution in [2.45, 2.75) is 19.6 Å². The van der Waals surface area contributed by atoms with Crippen LogP contribution in [0, 0.1) is 0 Å². The molecule has 1 atom stereocenters. The van der Waals surface area contributed by atoms with Gasteiger partial charge < -0.3 is 24.8 Å². The van der Waals surface area contributed by atoms with Crippen LogP contribution in [-0.4, -0.2) is 39.9 Å². The molecule has 5 aromatic rings. The van der Waals surface area contributed by atoms with Gasteiger partial charge in [-0.05, 0) is 60.5 Å². The number of ether oxygens (including phenoxy) is 3. The molecule has 10 nitrogen and oxygen atoms in total. The van der Waals surface area contributed by atoms with E-state index < -0.39 is 6.04 Å². The Labute approximate surface area is 249 Å².